The summed E-state index contributed by atoms with van der Waals surface area (Å²) in [6.07, 6.45) is 0. The predicted octanol–water partition coefficient (Wildman–Crippen LogP) is 21.5. The fourth-order valence-electron chi connectivity index (χ4n) is 12.1. The van der Waals surface area contributed by atoms with E-state index in [0.29, 0.717) is 0 Å². The summed E-state index contributed by atoms with van der Waals surface area (Å²) in [5.74, 6) is 0. The predicted molar refractivity (Wildman–Crippen MR) is 346 cm³/mol. The van der Waals surface area contributed by atoms with Crippen LogP contribution >= 0.6 is 0 Å². The first kappa shape index (κ1) is 48.2. The molecule has 2 heterocycles. The minimum Gasteiger partial charge on any atom is -0.310 e. The second-order valence-corrected chi connectivity index (χ2v) is 21.0. The average molecular weight is 1050 g/mol. The van der Waals surface area contributed by atoms with Gasteiger partial charge in [-0.1, -0.05) is 206 Å². The molecule has 4 nitrogen and oxygen atoms in total. The molecule has 0 spiro atoms. The molecule has 0 unspecified atom stereocenters. The van der Waals surface area contributed by atoms with E-state index in [2.05, 4.69) is 347 Å². The Morgan fingerprint density at radius 1 is 0.171 bits per heavy atom. The minimum atomic E-state index is 1.07. The molecule has 0 atom stereocenters. The summed E-state index contributed by atoms with van der Waals surface area (Å²) in [5, 5.41) is 4.78. The first-order chi connectivity index (χ1) is 40.7. The van der Waals surface area contributed by atoms with Crippen molar-refractivity contribution in [3.05, 3.63) is 328 Å². The van der Waals surface area contributed by atoms with Gasteiger partial charge in [-0.15, -0.1) is 0 Å². The van der Waals surface area contributed by atoms with Crippen LogP contribution in [0.25, 0.3) is 99.5 Å². The van der Waals surface area contributed by atoms with Crippen molar-refractivity contribution >= 4 is 77.7 Å². The van der Waals surface area contributed by atoms with Crippen LogP contribution in [0.1, 0.15) is 0 Å². The Kier molecular flexibility index (Phi) is 12.2. The third-order valence-electron chi connectivity index (χ3n) is 16.1. The highest BCUT2D eigenvalue weighted by Crippen LogP contribution is 2.44. The van der Waals surface area contributed by atoms with Crippen molar-refractivity contribution in [2.45, 2.75) is 0 Å². The highest BCUT2D eigenvalue weighted by Gasteiger charge is 2.22. The zero-order valence-corrected chi connectivity index (χ0v) is 45.0. The summed E-state index contributed by atoms with van der Waals surface area (Å²) in [6.45, 7) is 0. The molecule has 0 aliphatic carbocycles. The van der Waals surface area contributed by atoms with Gasteiger partial charge in [-0.25, -0.2) is 0 Å². The number of hydrogen-bond donors (Lipinski definition) is 0. The van der Waals surface area contributed by atoms with E-state index in [-0.39, 0.29) is 0 Å². The lowest BCUT2D eigenvalue weighted by atomic mass is 10.0. The maximum Gasteiger partial charge on any atom is 0.0561 e. The summed E-state index contributed by atoms with van der Waals surface area (Å²) in [4.78, 5) is 4.74. The lowest BCUT2D eigenvalue weighted by molar-refractivity contribution is 1.14. The molecule has 0 N–H and O–H groups in total. The Labute approximate surface area is 477 Å². The Hall–Kier alpha value is -10.9. The van der Waals surface area contributed by atoms with Crippen molar-refractivity contribution in [3.8, 4) is 55.9 Å². The topological polar surface area (TPSA) is 16.3 Å². The number of rotatable bonds is 12. The van der Waals surface area contributed by atoms with Gasteiger partial charge in [0.2, 0.25) is 0 Å². The van der Waals surface area contributed by atoms with E-state index in [0.717, 1.165) is 67.6 Å². The van der Waals surface area contributed by atoms with Gasteiger partial charge in [-0.2, -0.15) is 0 Å². The van der Waals surface area contributed by atoms with Gasteiger partial charge >= 0.3 is 0 Å². The second-order valence-electron chi connectivity index (χ2n) is 21.0. The summed E-state index contributed by atoms with van der Waals surface area (Å²) in [7, 11) is 0. The van der Waals surface area contributed by atoms with Crippen molar-refractivity contribution in [1.82, 2.24) is 9.13 Å². The summed E-state index contributed by atoms with van der Waals surface area (Å²) >= 11 is 0. The molecule has 13 aromatic carbocycles. The van der Waals surface area contributed by atoms with Crippen LogP contribution in [0.5, 0.6) is 0 Å². The molecular formula is C78H54N4. The molecule has 15 aromatic rings. The van der Waals surface area contributed by atoms with Crippen molar-refractivity contribution in [2.24, 2.45) is 0 Å². The van der Waals surface area contributed by atoms with Crippen LogP contribution in [-0.4, -0.2) is 9.13 Å². The number of para-hydroxylation sites is 2. The second kappa shape index (κ2) is 20.7. The molecule has 0 aliphatic heterocycles. The van der Waals surface area contributed by atoms with E-state index >= 15 is 0 Å². The molecule has 15 rings (SSSR count). The summed E-state index contributed by atoms with van der Waals surface area (Å²) in [5.41, 5.74) is 22.7. The molecular weight excluding hydrogens is 993 g/mol. The van der Waals surface area contributed by atoms with Crippen molar-refractivity contribution < 1.29 is 0 Å². The molecule has 0 bridgehead atoms. The van der Waals surface area contributed by atoms with Crippen molar-refractivity contribution in [3.63, 3.8) is 0 Å². The fraction of sp³-hybridized carbons (Fsp3) is 0. The molecule has 0 aliphatic rings. The van der Waals surface area contributed by atoms with Crippen LogP contribution in [0.15, 0.2) is 328 Å². The van der Waals surface area contributed by atoms with Crippen LogP contribution in [0.2, 0.25) is 0 Å². The average Bonchev–Trinajstić information content (AvgIpc) is 3.45. The Morgan fingerprint density at radius 2 is 0.439 bits per heavy atom. The summed E-state index contributed by atoms with van der Waals surface area (Å²) < 4.78 is 4.90. The molecule has 0 radical (unpaired) electrons. The van der Waals surface area contributed by atoms with E-state index in [4.69, 9.17) is 0 Å². The highest BCUT2D eigenvalue weighted by atomic mass is 15.2. The summed E-state index contributed by atoms with van der Waals surface area (Å²) in [6, 6.07) is 119. The number of benzene rings is 13. The fourth-order valence-corrected chi connectivity index (χ4v) is 12.1. The van der Waals surface area contributed by atoms with Gasteiger partial charge < -0.3 is 18.9 Å². The Bertz CT molecular complexity index is 4420. The molecule has 0 saturated heterocycles. The lowest BCUT2D eigenvalue weighted by Gasteiger charge is -2.26. The normalized spacial score (nSPS) is 11.4. The molecule has 0 fully saturated rings. The number of fused-ring (bicyclic) bond motifs is 6. The van der Waals surface area contributed by atoms with Crippen molar-refractivity contribution in [2.75, 3.05) is 9.80 Å². The third kappa shape index (κ3) is 8.76. The van der Waals surface area contributed by atoms with Gasteiger partial charge in [0.25, 0.3) is 0 Å². The highest BCUT2D eigenvalue weighted by molar-refractivity contribution is 6.13. The van der Waals surface area contributed by atoms with Crippen LogP contribution in [0, 0.1) is 0 Å². The van der Waals surface area contributed by atoms with Gasteiger partial charge in [0.15, 0.2) is 0 Å². The molecule has 2 aromatic heterocycles. The molecule has 0 amide bonds. The standard InChI is InChI=1S/C78H54N4/c1-7-19-55(20-8-1)59-31-37-65(38-32-59)79(63-27-15-5-16-28-63)69-45-47-71-73-51-61(57-23-11-3-12-24-57)35-49-75(73)81(77(71)53-69)67-41-43-68(44-42-67)82-76-50-36-62(58-25-13-4-14-26-58)52-74(76)72-48-46-70(54-78(72)82)80(64-29-17-6-18-30-64)66-39-33-60(34-40-66)56-21-9-2-10-22-56/h1-54H. The van der Waals surface area contributed by atoms with Crippen LogP contribution in [-0.2, 0) is 0 Å². The van der Waals surface area contributed by atoms with E-state index in [9.17, 15) is 0 Å². The SMILES string of the molecule is c1ccc(-c2ccc(N(c3ccccc3)c3ccc4c5cc(-c6ccccc6)ccc5n(-c5ccc(-n6c7ccc(-c8ccccc8)cc7c7ccc(N(c8ccccc8)c8ccc(-c9ccccc9)cc8)cc76)cc5)c4c3)cc2)cc1. The smallest absolute Gasteiger partial charge is 0.0561 e. The quantitative estimate of drug-likeness (QED) is 0.121. The van der Waals surface area contributed by atoms with Crippen molar-refractivity contribution in [1.29, 1.82) is 0 Å². The van der Waals surface area contributed by atoms with Crippen LogP contribution < -0.4 is 9.80 Å². The van der Waals surface area contributed by atoms with Gasteiger partial charge in [-0.3, -0.25) is 0 Å². The number of anilines is 6. The number of aromatic nitrogens is 2. The molecule has 0 saturated carbocycles. The van der Waals surface area contributed by atoms with E-state index in [1.165, 1.54) is 66.1 Å². The first-order valence-electron chi connectivity index (χ1n) is 28.1. The van der Waals surface area contributed by atoms with Gasteiger partial charge in [-0.05, 0) is 166 Å². The monoisotopic (exact) mass is 1050 g/mol. The Morgan fingerprint density at radius 3 is 0.780 bits per heavy atom. The van der Waals surface area contributed by atoms with E-state index < -0.39 is 0 Å². The first-order valence-corrected chi connectivity index (χ1v) is 28.1. The van der Waals surface area contributed by atoms with Gasteiger partial charge in [0.05, 0.1) is 22.1 Å². The Balaban J connectivity index is 0.894. The van der Waals surface area contributed by atoms with E-state index in [1.807, 2.05) is 0 Å². The van der Waals surface area contributed by atoms with Gasteiger partial charge in [0, 0.05) is 67.0 Å². The molecule has 4 heteroatoms. The zero-order valence-electron chi connectivity index (χ0n) is 45.0. The maximum atomic E-state index is 2.45. The lowest BCUT2D eigenvalue weighted by Crippen LogP contribution is -2.10. The molecule has 82 heavy (non-hydrogen) atoms. The third-order valence-corrected chi connectivity index (χ3v) is 16.1. The zero-order chi connectivity index (χ0) is 54.3. The number of hydrogen-bond acceptors (Lipinski definition) is 2. The minimum absolute atomic E-state index is 1.07. The number of nitrogens with zero attached hydrogens (tertiary/aromatic N) is 4. The van der Waals surface area contributed by atoms with Crippen LogP contribution in [0.3, 0.4) is 0 Å². The maximum absolute atomic E-state index is 2.45. The largest absolute Gasteiger partial charge is 0.310 e. The molecule has 386 valence electrons. The van der Waals surface area contributed by atoms with E-state index in [1.54, 1.807) is 0 Å². The van der Waals surface area contributed by atoms with Crippen LogP contribution in [0.4, 0.5) is 34.1 Å². The van der Waals surface area contributed by atoms with Gasteiger partial charge in [0.1, 0.15) is 0 Å².